The zero-order chi connectivity index (χ0) is 12.2. The van der Waals surface area contributed by atoms with E-state index < -0.39 is 0 Å². The Morgan fingerprint density at radius 2 is 1.94 bits per heavy atom. The van der Waals surface area contributed by atoms with Gasteiger partial charge in [-0.05, 0) is 45.3 Å². The van der Waals surface area contributed by atoms with Crippen molar-refractivity contribution in [3.05, 3.63) is 0 Å². The number of halogens is 1. The molecule has 1 rings (SSSR count). The third kappa shape index (κ3) is 3.44. The van der Waals surface area contributed by atoms with Gasteiger partial charge in [0.05, 0.1) is 0 Å². The number of hydrogen-bond acceptors (Lipinski definition) is 2. The lowest BCUT2D eigenvalue weighted by molar-refractivity contribution is 0.174. The van der Waals surface area contributed by atoms with E-state index in [1.807, 2.05) is 0 Å². The molecule has 2 nitrogen and oxygen atoms in total. The molecule has 0 bridgehead atoms. The van der Waals surface area contributed by atoms with Crippen LogP contribution in [0.3, 0.4) is 0 Å². The average molecular weight is 291 g/mol. The first kappa shape index (κ1) is 14.5. The SMILES string of the molecule is CCC(CC)(CBr)CN1CCC(N(C)C)C1. The van der Waals surface area contributed by atoms with Gasteiger partial charge in [-0.1, -0.05) is 29.8 Å². The summed E-state index contributed by atoms with van der Waals surface area (Å²) >= 11 is 3.71. The van der Waals surface area contributed by atoms with E-state index in [1.165, 1.54) is 38.9 Å². The molecule has 1 unspecified atom stereocenters. The normalized spacial score (nSPS) is 23.2. The zero-order valence-electron chi connectivity index (χ0n) is 11.3. The smallest absolute Gasteiger partial charge is 0.0229 e. The molecule has 16 heavy (non-hydrogen) atoms. The van der Waals surface area contributed by atoms with Crippen LogP contribution in [0.1, 0.15) is 33.1 Å². The number of likely N-dealkylation sites (tertiary alicyclic amines) is 1. The molecule has 0 amide bonds. The summed E-state index contributed by atoms with van der Waals surface area (Å²) < 4.78 is 0. The predicted molar refractivity (Wildman–Crippen MR) is 75.3 cm³/mol. The molecule has 0 aromatic carbocycles. The first-order valence-electron chi connectivity index (χ1n) is 6.51. The minimum absolute atomic E-state index is 0.487. The lowest BCUT2D eigenvalue weighted by Gasteiger charge is -2.34. The molecule has 0 N–H and O–H groups in total. The van der Waals surface area contributed by atoms with E-state index in [9.17, 15) is 0 Å². The molecule has 0 aromatic heterocycles. The summed E-state index contributed by atoms with van der Waals surface area (Å²) in [7, 11) is 4.40. The van der Waals surface area contributed by atoms with Crippen LogP contribution in [0.5, 0.6) is 0 Å². The van der Waals surface area contributed by atoms with E-state index in [-0.39, 0.29) is 0 Å². The van der Waals surface area contributed by atoms with Crippen molar-refractivity contribution in [1.82, 2.24) is 9.80 Å². The highest BCUT2D eigenvalue weighted by Crippen LogP contribution is 2.31. The maximum absolute atomic E-state index is 3.71. The van der Waals surface area contributed by atoms with Gasteiger partial charge < -0.3 is 9.80 Å². The largest absolute Gasteiger partial charge is 0.305 e. The fraction of sp³-hybridized carbons (Fsp3) is 1.00. The topological polar surface area (TPSA) is 6.48 Å². The molecule has 1 aliphatic heterocycles. The maximum atomic E-state index is 3.71. The lowest BCUT2D eigenvalue weighted by Crippen LogP contribution is -2.39. The van der Waals surface area contributed by atoms with Crippen molar-refractivity contribution in [2.45, 2.75) is 39.2 Å². The van der Waals surface area contributed by atoms with Crippen molar-refractivity contribution >= 4 is 15.9 Å². The molecule has 1 atom stereocenters. The van der Waals surface area contributed by atoms with Crippen molar-refractivity contribution in [3.8, 4) is 0 Å². The van der Waals surface area contributed by atoms with Gasteiger partial charge in [0, 0.05) is 24.5 Å². The quantitative estimate of drug-likeness (QED) is 0.694. The molecule has 0 radical (unpaired) electrons. The summed E-state index contributed by atoms with van der Waals surface area (Å²) in [4.78, 5) is 5.02. The van der Waals surface area contributed by atoms with Crippen LogP contribution >= 0.6 is 15.9 Å². The summed E-state index contributed by atoms with van der Waals surface area (Å²) in [5.74, 6) is 0. The highest BCUT2D eigenvalue weighted by Gasteiger charge is 2.31. The second-order valence-electron chi connectivity index (χ2n) is 5.48. The van der Waals surface area contributed by atoms with E-state index >= 15 is 0 Å². The van der Waals surface area contributed by atoms with Gasteiger partial charge in [0.2, 0.25) is 0 Å². The predicted octanol–water partition coefficient (Wildman–Crippen LogP) is 2.82. The molecule has 1 aliphatic rings. The van der Waals surface area contributed by atoms with Gasteiger partial charge in [0.1, 0.15) is 0 Å². The average Bonchev–Trinajstić information content (AvgIpc) is 2.74. The molecule has 0 aromatic rings. The van der Waals surface area contributed by atoms with Crippen molar-refractivity contribution in [2.24, 2.45) is 5.41 Å². The van der Waals surface area contributed by atoms with E-state index in [1.54, 1.807) is 0 Å². The Balaban J connectivity index is 2.48. The van der Waals surface area contributed by atoms with Gasteiger partial charge >= 0.3 is 0 Å². The van der Waals surface area contributed by atoms with Crippen LogP contribution in [-0.4, -0.2) is 54.9 Å². The molecule has 0 spiro atoms. The third-order valence-corrected chi connectivity index (χ3v) is 5.51. The van der Waals surface area contributed by atoms with Crippen LogP contribution in [0, 0.1) is 5.41 Å². The van der Waals surface area contributed by atoms with Gasteiger partial charge in [-0.3, -0.25) is 0 Å². The first-order chi connectivity index (χ1) is 7.56. The first-order valence-corrected chi connectivity index (χ1v) is 7.63. The maximum Gasteiger partial charge on any atom is 0.0229 e. The Labute approximate surface area is 109 Å². The summed E-state index contributed by atoms with van der Waals surface area (Å²) in [6, 6.07) is 0.765. The Kier molecular flexibility index (Phi) is 5.75. The lowest BCUT2D eigenvalue weighted by atomic mass is 9.84. The fourth-order valence-electron chi connectivity index (χ4n) is 2.56. The summed E-state index contributed by atoms with van der Waals surface area (Å²) in [5, 5.41) is 1.14. The van der Waals surface area contributed by atoms with Gasteiger partial charge in [-0.25, -0.2) is 0 Å². The molecule has 0 saturated carbocycles. The molecule has 1 fully saturated rings. The van der Waals surface area contributed by atoms with Crippen molar-refractivity contribution in [3.63, 3.8) is 0 Å². The number of nitrogens with zero attached hydrogens (tertiary/aromatic N) is 2. The summed E-state index contributed by atoms with van der Waals surface area (Å²) in [5.41, 5.74) is 0.487. The Morgan fingerprint density at radius 1 is 1.31 bits per heavy atom. The van der Waals surface area contributed by atoms with E-state index in [4.69, 9.17) is 0 Å². The highest BCUT2D eigenvalue weighted by atomic mass is 79.9. The highest BCUT2D eigenvalue weighted by molar-refractivity contribution is 9.09. The van der Waals surface area contributed by atoms with Gasteiger partial charge in [0.15, 0.2) is 0 Å². The second kappa shape index (κ2) is 6.36. The molecule has 1 heterocycles. The minimum Gasteiger partial charge on any atom is -0.305 e. The van der Waals surface area contributed by atoms with Crippen LogP contribution in [0.4, 0.5) is 0 Å². The summed E-state index contributed by atoms with van der Waals surface area (Å²) in [6.07, 6.45) is 3.88. The van der Waals surface area contributed by atoms with E-state index in [0.717, 1.165) is 11.4 Å². The number of likely N-dealkylation sites (N-methyl/N-ethyl adjacent to an activating group) is 1. The number of rotatable bonds is 6. The van der Waals surface area contributed by atoms with Crippen LogP contribution < -0.4 is 0 Å². The Bertz CT molecular complexity index is 194. The minimum atomic E-state index is 0.487. The van der Waals surface area contributed by atoms with Gasteiger partial charge in [-0.15, -0.1) is 0 Å². The molecule has 3 heteroatoms. The molecule has 96 valence electrons. The van der Waals surface area contributed by atoms with E-state index in [0.29, 0.717) is 5.41 Å². The van der Waals surface area contributed by atoms with Crippen LogP contribution in [0.2, 0.25) is 0 Å². The standard InChI is InChI=1S/C13H27BrN2/c1-5-13(6-2,10-14)11-16-8-7-12(9-16)15(3)4/h12H,5-11H2,1-4H3. The zero-order valence-corrected chi connectivity index (χ0v) is 12.9. The molecular formula is C13H27BrN2. The van der Waals surface area contributed by atoms with Gasteiger partial charge in [-0.2, -0.15) is 0 Å². The number of hydrogen-bond donors (Lipinski definition) is 0. The van der Waals surface area contributed by atoms with Crippen LogP contribution in [0.15, 0.2) is 0 Å². The molecule has 0 aliphatic carbocycles. The third-order valence-electron chi connectivity index (χ3n) is 4.32. The summed E-state index contributed by atoms with van der Waals surface area (Å²) in [6.45, 7) is 8.43. The van der Waals surface area contributed by atoms with Crippen LogP contribution in [-0.2, 0) is 0 Å². The second-order valence-corrected chi connectivity index (χ2v) is 6.04. The monoisotopic (exact) mass is 290 g/mol. The fourth-order valence-corrected chi connectivity index (χ4v) is 3.53. The Morgan fingerprint density at radius 3 is 2.31 bits per heavy atom. The van der Waals surface area contributed by atoms with Gasteiger partial charge in [0.25, 0.3) is 0 Å². The van der Waals surface area contributed by atoms with Crippen LogP contribution in [0.25, 0.3) is 0 Å². The molecule has 1 saturated heterocycles. The van der Waals surface area contributed by atoms with Crippen molar-refractivity contribution in [1.29, 1.82) is 0 Å². The number of alkyl halides is 1. The van der Waals surface area contributed by atoms with E-state index in [2.05, 4.69) is 53.7 Å². The van der Waals surface area contributed by atoms with Crippen molar-refractivity contribution in [2.75, 3.05) is 39.1 Å². The Hall–Kier alpha value is 0.400. The van der Waals surface area contributed by atoms with Crippen molar-refractivity contribution < 1.29 is 0 Å². The molecular weight excluding hydrogens is 264 g/mol.